The molecular formula is C26H40N4. The lowest BCUT2D eigenvalue weighted by Gasteiger charge is -1.98. The molecule has 3 heterocycles. The highest BCUT2D eigenvalue weighted by Crippen LogP contribution is 2.24. The van der Waals surface area contributed by atoms with Crippen molar-refractivity contribution in [3.05, 3.63) is 78.0 Å². The standard InChI is InChI=1S/C10H11N3.C7H9N.C5H12.C4H8/c1-7(2)10-3-8(4-11-10)9-5-12-13-6-9;1-6-3-4-7(2)8-5-6;1-3-5-4-2;1-3-4-2/h4-6H,1,3H2,2H3,(H,12,13);3-5H,1-2H3;3-5H2,1-2H3;3-4H,1-2H3/b;;;4-3-. The number of rotatable bonds is 4. The van der Waals surface area contributed by atoms with E-state index in [1.807, 2.05) is 77.6 Å². The third kappa shape index (κ3) is 12.7. The third-order valence-electron chi connectivity index (χ3n) is 4.20. The van der Waals surface area contributed by atoms with Crippen LogP contribution in [0.3, 0.4) is 0 Å². The molecule has 0 amide bonds. The number of aryl methyl sites for hydroxylation is 2. The number of aliphatic imine (C=N–C) groups is 1. The monoisotopic (exact) mass is 408 g/mol. The van der Waals surface area contributed by atoms with Crippen LogP contribution >= 0.6 is 0 Å². The van der Waals surface area contributed by atoms with E-state index in [2.05, 4.69) is 46.7 Å². The fraction of sp³-hybridized carbons (Fsp3) is 0.423. The molecule has 164 valence electrons. The Balaban J connectivity index is 0.000000424. The number of unbranched alkanes of at least 4 members (excludes halogenated alkanes) is 2. The van der Waals surface area contributed by atoms with Crippen LogP contribution in [0.5, 0.6) is 0 Å². The predicted octanol–water partition coefficient (Wildman–Crippen LogP) is 7.65. The summed E-state index contributed by atoms with van der Waals surface area (Å²) >= 11 is 0. The topological polar surface area (TPSA) is 53.9 Å². The predicted molar refractivity (Wildman–Crippen MR) is 133 cm³/mol. The van der Waals surface area contributed by atoms with Crippen molar-refractivity contribution in [3.8, 4) is 0 Å². The van der Waals surface area contributed by atoms with Gasteiger partial charge in [-0.15, -0.1) is 0 Å². The minimum Gasteiger partial charge on any atom is -0.285 e. The second-order valence-corrected chi connectivity index (χ2v) is 7.17. The van der Waals surface area contributed by atoms with E-state index in [-0.39, 0.29) is 0 Å². The molecule has 3 rings (SSSR count). The maximum atomic E-state index is 4.29. The first-order valence-corrected chi connectivity index (χ1v) is 10.8. The zero-order valence-corrected chi connectivity index (χ0v) is 20.0. The zero-order chi connectivity index (χ0) is 22.8. The van der Waals surface area contributed by atoms with Crippen LogP contribution in [0, 0.1) is 13.8 Å². The highest BCUT2D eigenvalue weighted by Gasteiger charge is 2.12. The van der Waals surface area contributed by atoms with Crippen molar-refractivity contribution in [2.45, 2.75) is 74.1 Å². The van der Waals surface area contributed by atoms with Crippen LogP contribution in [0.15, 0.2) is 66.2 Å². The van der Waals surface area contributed by atoms with Crippen LogP contribution in [0.2, 0.25) is 0 Å². The van der Waals surface area contributed by atoms with E-state index >= 15 is 0 Å². The van der Waals surface area contributed by atoms with E-state index in [4.69, 9.17) is 0 Å². The Morgan fingerprint density at radius 3 is 2.10 bits per heavy atom. The molecule has 1 aliphatic rings. The molecule has 0 spiro atoms. The van der Waals surface area contributed by atoms with Crippen LogP contribution in [0.1, 0.15) is 77.1 Å². The summed E-state index contributed by atoms with van der Waals surface area (Å²) in [6.07, 6.45) is 16.4. The van der Waals surface area contributed by atoms with Gasteiger partial charge in [-0.1, -0.05) is 57.9 Å². The molecule has 30 heavy (non-hydrogen) atoms. The van der Waals surface area contributed by atoms with Crippen LogP contribution in [-0.4, -0.2) is 20.9 Å². The summed E-state index contributed by atoms with van der Waals surface area (Å²) in [5, 5.41) is 6.68. The molecule has 0 aromatic carbocycles. The molecular weight excluding hydrogens is 368 g/mol. The van der Waals surface area contributed by atoms with E-state index in [0.29, 0.717) is 0 Å². The Hall–Kier alpha value is -2.75. The number of aromatic amines is 1. The molecule has 2 aromatic rings. The Morgan fingerprint density at radius 1 is 1.10 bits per heavy atom. The van der Waals surface area contributed by atoms with Crippen LogP contribution in [-0.2, 0) is 0 Å². The highest BCUT2D eigenvalue weighted by atomic mass is 15.1. The molecule has 0 saturated carbocycles. The molecule has 0 unspecified atom stereocenters. The molecule has 0 bridgehead atoms. The summed E-state index contributed by atoms with van der Waals surface area (Å²) < 4.78 is 0. The first-order chi connectivity index (χ1) is 14.4. The molecule has 0 radical (unpaired) electrons. The summed E-state index contributed by atoms with van der Waals surface area (Å²) in [6, 6.07) is 4.07. The van der Waals surface area contributed by atoms with Crippen molar-refractivity contribution in [1.29, 1.82) is 0 Å². The normalized spacial score (nSPS) is 11.8. The van der Waals surface area contributed by atoms with Gasteiger partial charge in [0.25, 0.3) is 0 Å². The van der Waals surface area contributed by atoms with Gasteiger partial charge in [0.05, 0.1) is 6.20 Å². The van der Waals surface area contributed by atoms with Crippen molar-refractivity contribution < 1.29 is 0 Å². The van der Waals surface area contributed by atoms with E-state index < -0.39 is 0 Å². The summed E-state index contributed by atoms with van der Waals surface area (Å²) in [7, 11) is 0. The maximum Gasteiger partial charge on any atom is 0.0563 e. The van der Waals surface area contributed by atoms with Gasteiger partial charge < -0.3 is 0 Å². The van der Waals surface area contributed by atoms with E-state index in [0.717, 1.165) is 29.0 Å². The van der Waals surface area contributed by atoms with Gasteiger partial charge in [-0.3, -0.25) is 15.1 Å². The zero-order valence-electron chi connectivity index (χ0n) is 20.0. The smallest absolute Gasteiger partial charge is 0.0563 e. The quantitative estimate of drug-likeness (QED) is 0.528. The van der Waals surface area contributed by atoms with Gasteiger partial charge in [0.15, 0.2) is 0 Å². The van der Waals surface area contributed by atoms with Gasteiger partial charge in [-0.25, -0.2) is 0 Å². The minimum atomic E-state index is 0.870. The molecule has 2 aromatic heterocycles. The van der Waals surface area contributed by atoms with Crippen molar-refractivity contribution in [1.82, 2.24) is 15.2 Å². The molecule has 1 aliphatic heterocycles. The van der Waals surface area contributed by atoms with Gasteiger partial charge in [0.2, 0.25) is 0 Å². The molecule has 0 fully saturated rings. The lowest BCUT2D eigenvalue weighted by Crippen LogP contribution is -1.94. The Kier molecular flexibility index (Phi) is 15.6. The van der Waals surface area contributed by atoms with E-state index in [1.165, 1.54) is 30.4 Å². The number of hydrogen-bond acceptors (Lipinski definition) is 3. The first kappa shape index (κ1) is 27.2. The average molecular weight is 409 g/mol. The second kappa shape index (κ2) is 17.1. The molecule has 4 heteroatoms. The summed E-state index contributed by atoms with van der Waals surface area (Å²) in [4.78, 5) is 8.36. The van der Waals surface area contributed by atoms with E-state index in [1.54, 1.807) is 0 Å². The van der Waals surface area contributed by atoms with Gasteiger partial charge in [0.1, 0.15) is 0 Å². The Labute approximate surface area is 184 Å². The Morgan fingerprint density at radius 2 is 1.77 bits per heavy atom. The number of allylic oxidation sites excluding steroid dienone is 4. The molecule has 0 saturated heterocycles. The third-order valence-corrected chi connectivity index (χ3v) is 4.20. The van der Waals surface area contributed by atoms with Crippen molar-refractivity contribution in [2.24, 2.45) is 4.99 Å². The van der Waals surface area contributed by atoms with Crippen molar-refractivity contribution in [2.75, 3.05) is 0 Å². The molecule has 0 atom stereocenters. The summed E-state index contributed by atoms with van der Waals surface area (Å²) in [5.74, 6) is 0. The maximum absolute atomic E-state index is 4.29. The average Bonchev–Trinajstić information content (AvgIpc) is 3.44. The van der Waals surface area contributed by atoms with Crippen LogP contribution in [0.25, 0.3) is 5.57 Å². The van der Waals surface area contributed by atoms with E-state index in [9.17, 15) is 0 Å². The Bertz CT molecular complexity index is 752. The number of pyridine rings is 1. The number of hydrogen-bond donors (Lipinski definition) is 1. The summed E-state index contributed by atoms with van der Waals surface area (Å²) in [6.45, 7) is 18.3. The number of nitrogens with zero attached hydrogens (tertiary/aromatic N) is 3. The van der Waals surface area contributed by atoms with Gasteiger partial charge in [-0.05, 0) is 57.4 Å². The molecule has 0 aliphatic carbocycles. The van der Waals surface area contributed by atoms with Crippen molar-refractivity contribution in [3.63, 3.8) is 0 Å². The fourth-order valence-electron chi connectivity index (χ4n) is 2.19. The lowest BCUT2D eigenvalue weighted by atomic mass is 10.0. The first-order valence-electron chi connectivity index (χ1n) is 10.8. The number of aromatic nitrogens is 3. The van der Waals surface area contributed by atoms with Crippen LogP contribution < -0.4 is 0 Å². The fourth-order valence-corrected chi connectivity index (χ4v) is 2.19. The van der Waals surface area contributed by atoms with Gasteiger partial charge in [0, 0.05) is 42.0 Å². The highest BCUT2D eigenvalue weighted by molar-refractivity contribution is 6.07. The number of nitrogens with one attached hydrogen (secondary N) is 1. The largest absolute Gasteiger partial charge is 0.285 e. The lowest BCUT2D eigenvalue weighted by molar-refractivity contribution is 0.772. The molecule has 4 nitrogen and oxygen atoms in total. The molecule has 1 N–H and O–H groups in total. The van der Waals surface area contributed by atoms with Gasteiger partial charge in [-0.2, -0.15) is 5.10 Å². The van der Waals surface area contributed by atoms with Crippen LogP contribution in [0.4, 0.5) is 0 Å². The minimum absolute atomic E-state index is 0.870. The SMILES string of the molecule is C/C=C\C.C=C(C)C1=NC=C(c2cn[nH]c2)C1.CCCCC.Cc1ccc(C)nc1. The second-order valence-electron chi connectivity index (χ2n) is 7.17. The summed E-state index contributed by atoms with van der Waals surface area (Å²) in [5.41, 5.74) is 6.71. The van der Waals surface area contributed by atoms with Crippen molar-refractivity contribution >= 4 is 11.3 Å². The number of H-pyrrole nitrogens is 1. The van der Waals surface area contributed by atoms with Gasteiger partial charge >= 0.3 is 0 Å².